The lowest BCUT2D eigenvalue weighted by molar-refractivity contribution is 0.0950. The molecule has 0 aromatic heterocycles. The van der Waals surface area contributed by atoms with Crippen molar-refractivity contribution in [3.05, 3.63) is 88.5 Å². The zero-order valence-corrected chi connectivity index (χ0v) is 18.4. The summed E-state index contributed by atoms with van der Waals surface area (Å²) in [6, 6.07) is 20.5. The number of carbonyl (C=O) groups is 1. The van der Waals surface area contributed by atoms with Crippen LogP contribution < -0.4 is 10.6 Å². The third-order valence-electron chi connectivity index (χ3n) is 5.01. The average Bonchev–Trinajstić information content (AvgIpc) is 2.75. The minimum atomic E-state index is -0.0544. The van der Waals surface area contributed by atoms with Gasteiger partial charge in [0.2, 0.25) is 0 Å². The molecule has 0 aliphatic carbocycles. The molecule has 0 bridgehead atoms. The van der Waals surface area contributed by atoms with E-state index in [0.717, 1.165) is 27.9 Å². The molecule has 3 heteroatoms. The Labute approximate surface area is 175 Å². The predicted octanol–water partition coefficient (Wildman–Crippen LogP) is 6.28. The highest BCUT2D eigenvalue weighted by atomic mass is 16.1. The van der Waals surface area contributed by atoms with Gasteiger partial charge in [-0.15, -0.1) is 0 Å². The predicted molar refractivity (Wildman–Crippen MR) is 125 cm³/mol. The van der Waals surface area contributed by atoms with E-state index in [9.17, 15) is 4.79 Å². The molecule has 0 saturated heterocycles. The van der Waals surface area contributed by atoms with Crippen LogP contribution >= 0.6 is 0 Å². The second-order valence-corrected chi connectivity index (χ2v) is 6.92. The molecule has 29 heavy (non-hydrogen) atoms. The molecule has 2 N–H and O–H groups in total. The van der Waals surface area contributed by atoms with E-state index >= 15 is 0 Å². The van der Waals surface area contributed by atoms with Gasteiger partial charge in [0.25, 0.3) is 5.91 Å². The van der Waals surface area contributed by atoms with Crippen LogP contribution in [-0.2, 0) is 6.54 Å². The smallest absolute Gasteiger partial charge is 0.251 e. The largest absolute Gasteiger partial charge is 0.388 e. The van der Waals surface area contributed by atoms with Crippen molar-refractivity contribution in [3.8, 4) is 11.1 Å². The zero-order chi connectivity index (χ0) is 21.4. The first-order chi connectivity index (χ1) is 14.0. The van der Waals surface area contributed by atoms with Crippen molar-refractivity contribution >= 4 is 11.6 Å². The van der Waals surface area contributed by atoms with Gasteiger partial charge >= 0.3 is 0 Å². The highest BCUT2D eigenvalue weighted by Crippen LogP contribution is 2.29. The first kappa shape index (κ1) is 22.2. The Morgan fingerprint density at radius 1 is 0.862 bits per heavy atom. The van der Waals surface area contributed by atoms with Gasteiger partial charge in [0.05, 0.1) is 0 Å². The fourth-order valence-electron chi connectivity index (χ4n) is 3.20. The van der Waals surface area contributed by atoms with Crippen LogP contribution in [0.25, 0.3) is 11.1 Å². The molecule has 3 nitrogen and oxygen atoms in total. The maximum atomic E-state index is 12.9. The van der Waals surface area contributed by atoms with E-state index in [2.05, 4.69) is 60.9 Å². The van der Waals surface area contributed by atoms with Gasteiger partial charge in [0, 0.05) is 24.8 Å². The molecule has 0 fully saturated rings. The number of nitrogens with one attached hydrogen (secondary N) is 2. The molecule has 0 unspecified atom stereocenters. The lowest BCUT2D eigenvalue weighted by Gasteiger charge is -2.15. The standard InChI is InChI=1S/C24H26N2O.C2H6/c1-16-9-11-19(12-10-16)21-13-22(18(3)23(14-21)25-4)24(27)26-15-20-8-6-5-7-17(20)2;1-2/h5-14,25H,15H2,1-4H3,(H,26,27);1-2H3. The quantitative estimate of drug-likeness (QED) is 0.540. The maximum absolute atomic E-state index is 12.9. The van der Waals surface area contributed by atoms with Gasteiger partial charge in [-0.2, -0.15) is 0 Å². The number of hydrogen-bond acceptors (Lipinski definition) is 2. The molecular weight excluding hydrogens is 356 g/mol. The van der Waals surface area contributed by atoms with Gasteiger partial charge in [0.1, 0.15) is 0 Å². The van der Waals surface area contributed by atoms with Crippen molar-refractivity contribution in [2.75, 3.05) is 12.4 Å². The minimum Gasteiger partial charge on any atom is -0.388 e. The van der Waals surface area contributed by atoms with Crippen LogP contribution in [0, 0.1) is 20.8 Å². The van der Waals surface area contributed by atoms with Crippen LogP contribution in [0.5, 0.6) is 0 Å². The molecular formula is C26H32N2O. The second kappa shape index (κ2) is 10.5. The van der Waals surface area contributed by atoms with E-state index in [0.29, 0.717) is 12.1 Å². The summed E-state index contributed by atoms with van der Waals surface area (Å²) in [4.78, 5) is 12.9. The molecule has 3 rings (SSSR count). The van der Waals surface area contributed by atoms with Crippen LogP contribution in [-0.4, -0.2) is 13.0 Å². The van der Waals surface area contributed by atoms with Crippen molar-refractivity contribution in [3.63, 3.8) is 0 Å². The zero-order valence-electron chi connectivity index (χ0n) is 18.4. The molecule has 3 aromatic rings. The van der Waals surface area contributed by atoms with Crippen LogP contribution in [0.3, 0.4) is 0 Å². The number of hydrogen-bond donors (Lipinski definition) is 2. The molecule has 3 aromatic carbocycles. The van der Waals surface area contributed by atoms with Crippen LogP contribution in [0.1, 0.15) is 46.5 Å². The fraction of sp³-hybridized carbons (Fsp3) is 0.269. The summed E-state index contributed by atoms with van der Waals surface area (Å²) in [6.45, 7) is 10.6. The topological polar surface area (TPSA) is 41.1 Å². The first-order valence-electron chi connectivity index (χ1n) is 10.2. The fourth-order valence-corrected chi connectivity index (χ4v) is 3.20. The Bertz CT molecular complexity index is 959. The summed E-state index contributed by atoms with van der Waals surface area (Å²) in [5.74, 6) is -0.0544. The summed E-state index contributed by atoms with van der Waals surface area (Å²) in [7, 11) is 1.89. The highest BCUT2D eigenvalue weighted by molar-refractivity contribution is 5.98. The molecule has 1 amide bonds. The van der Waals surface area contributed by atoms with Crippen molar-refractivity contribution < 1.29 is 4.79 Å². The van der Waals surface area contributed by atoms with Crippen molar-refractivity contribution in [2.24, 2.45) is 0 Å². The second-order valence-electron chi connectivity index (χ2n) is 6.92. The third-order valence-corrected chi connectivity index (χ3v) is 5.01. The molecule has 0 saturated carbocycles. The number of amides is 1. The monoisotopic (exact) mass is 388 g/mol. The van der Waals surface area contributed by atoms with Crippen LogP contribution in [0.4, 0.5) is 5.69 Å². The summed E-state index contributed by atoms with van der Waals surface area (Å²) in [5.41, 5.74) is 8.29. The molecule has 0 radical (unpaired) electrons. The normalized spacial score (nSPS) is 10.0. The van der Waals surface area contributed by atoms with Gasteiger partial charge in [-0.05, 0) is 60.7 Å². The Balaban J connectivity index is 0.00000145. The maximum Gasteiger partial charge on any atom is 0.251 e. The Morgan fingerprint density at radius 3 is 2.14 bits per heavy atom. The minimum absolute atomic E-state index is 0.0544. The van der Waals surface area contributed by atoms with Crippen LogP contribution in [0.15, 0.2) is 60.7 Å². The number of anilines is 1. The van der Waals surface area contributed by atoms with E-state index < -0.39 is 0 Å². The van der Waals surface area contributed by atoms with Gasteiger partial charge in [-0.3, -0.25) is 4.79 Å². The van der Waals surface area contributed by atoms with E-state index in [1.165, 1.54) is 11.1 Å². The molecule has 0 heterocycles. The van der Waals surface area contributed by atoms with E-state index in [-0.39, 0.29) is 5.91 Å². The first-order valence-corrected chi connectivity index (χ1v) is 10.2. The van der Waals surface area contributed by atoms with Gasteiger partial charge in [-0.25, -0.2) is 0 Å². The highest BCUT2D eigenvalue weighted by Gasteiger charge is 2.14. The summed E-state index contributed by atoms with van der Waals surface area (Å²) in [6.07, 6.45) is 0. The average molecular weight is 389 g/mol. The summed E-state index contributed by atoms with van der Waals surface area (Å²) >= 11 is 0. The van der Waals surface area contributed by atoms with Gasteiger partial charge < -0.3 is 10.6 Å². The number of carbonyl (C=O) groups excluding carboxylic acids is 1. The molecule has 152 valence electrons. The van der Waals surface area contributed by atoms with Gasteiger partial charge in [-0.1, -0.05) is 67.9 Å². The van der Waals surface area contributed by atoms with Gasteiger partial charge in [0.15, 0.2) is 0 Å². The Morgan fingerprint density at radius 2 is 1.52 bits per heavy atom. The molecule has 0 aliphatic heterocycles. The Kier molecular flexibility index (Phi) is 8.02. The van der Waals surface area contributed by atoms with Crippen molar-refractivity contribution in [2.45, 2.75) is 41.2 Å². The van der Waals surface area contributed by atoms with Crippen molar-refractivity contribution in [1.29, 1.82) is 0 Å². The third kappa shape index (κ3) is 5.47. The molecule has 0 aliphatic rings. The van der Waals surface area contributed by atoms with E-state index in [1.54, 1.807) is 0 Å². The number of rotatable bonds is 5. The summed E-state index contributed by atoms with van der Waals surface area (Å²) in [5, 5.41) is 6.28. The Hall–Kier alpha value is -3.07. The number of benzene rings is 3. The lowest BCUT2D eigenvalue weighted by Crippen LogP contribution is -2.24. The SMILES string of the molecule is CC.CNc1cc(-c2ccc(C)cc2)cc(C(=O)NCc2ccccc2C)c1C. The van der Waals surface area contributed by atoms with E-state index in [1.807, 2.05) is 52.1 Å². The van der Waals surface area contributed by atoms with Crippen molar-refractivity contribution in [1.82, 2.24) is 5.32 Å². The lowest BCUT2D eigenvalue weighted by atomic mass is 9.96. The van der Waals surface area contributed by atoms with E-state index in [4.69, 9.17) is 0 Å². The summed E-state index contributed by atoms with van der Waals surface area (Å²) < 4.78 is 0. The molecule has 0 spiro atoms. The number of aryl methyl sites for hydroxylation is 2. The molecule has 0 atom stereocenters. The van der Waals surface area contributed by atoms with Crippen LogP contribution in [0.2, 0.25) is 0 Å².